The van der Waals surface area contributed by atoms with Gasteiger partial charge in [-0.2, -0.15) is 26.3 Å². The summed E-state index contributed by atoms with van der Waals surface area (Å²) < 4.78 is 83.0. The van der Waals surface area contributed by atoms with Crippen molar-refractivity contribution in [1.82, 2.24) is 19.6 Å². The number of benzene rings is 1. The first-order valence-corrected chi connectivity index (χ1v) is 17.6. The second-order valence-electron chi connectivity index (χ2n) is 13.5. The minimum atomic E-state index is -5.16. The third kappa shape index (κ3) is 7.79. The molecule has 49 heavy (non-hydrogen) atoms. The Morgan fingerprint density at radius 1 is 0.857 bits per heavy atom. The van der Waals surface area contributed by atoms with Crippen LogP contribution in [0.25, 0.3) is 0 Å². The molecule has 4 aliphatic rings. The molecule has 4 amide bonds. The fourth-order valence-corrected chi connectivity index (χ4v) is 8.49. The molecule has 3 fully saturated rings. The van der Waals surface area contributed by atoms with Crippen LogP contribution in [-0.2, 0) is 34.9 Å². The van der Waals surface area contributed by atoms with Gasteiger partial charge in [0.2, 0.25) is 11.8 Å². The molecule has 1 aromatic heterocycles. The van der Waals surface area contributed by atoms with Gasteiger partial charge in [0.05, 0.1) is 35.0 Å². The van der Waals surface area contributed by atoms with E-state index in [4.69, 9.17) is 5.73 Å². The molecule has 0 radical (unpaired) electrons. The van der Waals surface area contributed by atoms with Crippen molar-refractivity contribution in [3.8, 4) is 0 Å². The predicted molar refractivity (Wildman–Crippen MR) is 172 cm³/mol. The smallest absolute Gasteiger partial charge is 0.398 e. The molecule has 16 heteroatoms. The van der Waals surface area contributed by atoms with Gasteiger partial charge in [-0.05, 0) is 81.1 Å². The lowest BCUT2D eigenvalue weighted by atomic mass is 9.90. The fraction of sp³-hybridized carbons (Fsp3) is 0.606. The van der Waals surface area contributed by atoms with E-state index in [1.807, 2.05) is 10.8 Å². The number of carbonyl (C=O) groups is 3. The van der Waals surface area contributed by atoms with Crippen LogP contribution in [0.3, 0.4) is 0 Å². The normalized spacial score (nSPS) is 20.8. The average Bonchev–Trinajstić information content (AvgIpc) is 3.76. The topological polar surface area (TPSA) is 102 Å². The van der Waals surface area contributed by atoms with E-state index < -0.39 is 53.3 Å². The van der Waals surface area contributed by atoms with Gasteiger partial charge in [0, 0.05) is 55.6 Å². The van der Waals surface area contributed by atoms with E-state index in [9.17, 15) is 40.7 Å². The molecule has 3 N–H and O–H groups in total. The van der Waals surface area contributed by atoms with Crippen molar-refractivity contribution in [3.05, 3.63) is 45.1 Å². The summed E-state index contributed by atoms with van der Waals surface area (Å²) in [5.74, 6) is -2.04. The van der Waals surface area contributed by atoms with Gasteiger partial charge in [-0.25, -0.2) is 4.79 Å². The van der Waals surface area contributed by atoms with E-state index in [1.54, 1.807) is 14.7 Å². The fourth-order valence-electron chi connectivity index (χ4n) is 7.71. The van der Waals surface area contributed by atoms with E-state index in [0.29, 0.717) is 76.6 Å². The zero-order chi connectivity index (χ0) is 35.1. The number of piperidine rings is 2. The Hall–Kier alpha value is -3.53. The molecular formula is C33H40F6N6O3S. The van der Waals surface area contributed by atoms with Gasteiger partial charge in [-0.1, -0.05) is 0 Å². The third-order valence-corrected chi connectivity index (χ3v) is 11.2. The Morgan fingerprint density at radius 2 is 1.43 bits per heavy atom. The van der Waals surface area contributed by atoms with E-state index >= 15 is 0 Å². The van der Waals surface area contributed by atoms with Gasteiger partial charge >= 0.3 is 18.4 Å². The highest BCUT2D eigenvalue weighted by molar-refractivity contribution is 7.08. The second-order valence-corrected chi connectivity index (χ2v) is 14.2. The number of alkyl halides is 6. The van der Waals surface area contributed by atoms with Crippen LogP contribution in [0.4, 0.5) is 42.5 Å². The second kappa shape index (κ2) is 14.0. The maximum atomic E-state index is 14.0. The average molecular weight is 715 g/mol. The Balaban J connectivity index is 1.18. The summed E-state index contributed by atoms with van der Waals surface area (Å²) in [6.07, 6.45) is -6.56. The Kier molecular flexibility index (Phi) is 10.1. The van der Waals surface area contributed by atoms with Gasteiger partial charge < -0.3 is 30.7 Å². The maximum Gasteiger partial charge on any atom is 0.418 e. The molecule has 268 valence electrons. The molecule has 2 aromatic rings. The van der Waals surface area contributed by atoms with Crippen molar-refractivity contribution in [2.75, 3.05) is 50.3 Å². The largest absolute Gasteiger partial charge is 0.418 e. The van der Waals surface area contributed by atoms with Crippen molar-refractivity contribution in [3.63, 3.8) is 0 Å². The Bertz CT molecular complexity index is 1510. The monoisotopic (exact) mass is 714 g/mol. The zero-order valence-corrected chi connectivity index (χ0v) is 27.7. The molecule has 4 aliphatic heterocycles. The number of nitrogens with one attached hydrogen (secondary N) is 1. The first kappa shape index (κ1) is 35.3. The Morgan fingerprint density at radius 3 is 2.02 bits per heavy atom. The first-order valence-electron chi connectivity index (χ1n) is 16.7. The SMILES string of the molecule is Nc1c(C(F)(F)F)cc(C[C@@H](CC(=O)N2CCC(N3Cc4cscc4NC3=O)CC2)C(=O)N2CCC(N3CCCC3)CC2)cc1C(F)(F)F. The number of anilines is 2. The predicted octanol–water partition coefficient (Wildman–Crippen LogP) is 6.04. The summed E-state index contributed by atoms with van der Waals surface area (Å²) in [7, 11) is 0. The standard InChI is InChI=1S/C33H40F6N6O3S/c34-32(35,36)25-14-20(15-26(29(25)40)33(37,38)39)13-21(30(47)44-11-3-23(4-12-44)42-7-1-2-8-42)16-28(46)43-9-5-24(6-10-43)45-17-22-18-49-19-27(22)41-31(45)48/h14-15,18-19,21,23-24H,1-13,16-17,40H2,(H,41,48)/t21-/m0/s1. The molecule has 0 saturated carbocycles. The van der Waals surface area contributed by atoms with Crippen LogP contribution >= 0.6 is 11.3 Å². The van der Waals surface area contributed by atoms with Gasteiger partial charge in [0.1, 0.15) is 0 Å². The molecule has 1 atom stereocenters. The van der Waals surface area contributed by atoms with Crippen LogP contribution in [-0.4, -0.2) is 88.8 Å². The number of nitrogens with zero attached hydrogens (tertiary/aromatic N) is 4. The molecule has 9 nitrogen and oxygen atoms in total. The van der Waals surface area contributed by atoms with Crippen LogP contribution in [0, 0.1) is 5.92 Å². The summed E-state index contributed by atoms with van der Waals surface area (Å²) in [5, 5.41) is 6.73. The molecule has 0 bridgehead atoms. The van der Waals surface area contributed by atoms with Gasteiger partial charge in [-0.15, -0.1) is 11.3 Å². The molecule has 6 rings (SSSR count). The molecule has 0 unspecified atom stereocenters. The van der Waals surface area contributed by atoms with E-state index in [1.165, 1.54) is 11.3 Å². The van der Waals surface area contributed by atoms with Crippen LogP contribution in [0.2, 0.25) is 0 Å². The van der Waals surface area contributed by atoms with Crippen molar-refractivity contribution in [1.29, 1.82) is 0 Å². The zero-order valence-electron chi connectivity index (χ0n) is 26.9. The number of nitrogen functional groups attached to an aromatic ring is 1. The molecular weight excluding hydrogens is 674 g/mol. The van der Waals surface area contributed by atoms with Crippen molar-refractivity contribution in [2.24, 2.45) is 5.92 Å². The van der Waals surface area contributed by atoms with Gasteiger partial charge in [0.25, 0.3) is 0 Å². The minimum Gasteiger partial charge on any atom is -0.398 e. The van der Waals surface area contributed by atoms with Crippen LogP contribution < -0.4 is 11.1 Å². The number of nitrogens with two attached hydrogens (primary N) is 1. The van der Waals surface area contributed by atoms with Crippen LogP contribution in [0.1, 0.15) is 67.2 Å². The lowest BCUT2D eigenvalue weighted by Crippen LogP contribution is -2.51. The highest BCUT2D eigenvalue weighted by atomic mass is 32.1. The van der Waals surface area contributed by atoms with Crippen LogP contribution in [0.5, 0.6) is 0 Å². The lowest BCUT2D eigenvalue weighted by Gasteiger charge is -2.40. The molecule has 1 aromatic carbocycles. The van der Waals surface area contributed by atoms with Gasteiger partial charge in [-0.3, -0.25) is 9.59 Å². The maximum absolute atomic E-state index is 14.0. The quantitative estimate of drug-likeness (QED) is 0.269. The number of likely N-dealkylation sites (tertiary alicyclic amines) is 3. The number of rotatable bonds is 7. The van der Waals surface area contributed by atoms with Crippen molar-refractivity contribution < 1.29 is 40.7 Å². The van der Waals surface area contributed by atoms with E-state index in [-0.39, 0.29) is 24.1 Å². The van der Waals surface area contributed by atoms with E-state index in [2.05, 4.69) is 10.2 Å². The summed E-state index contributed by atoms with van der Waals surface area (Å²) in [4.78, 5) is 47.7. The summed E-state index contributed by atoms with van der Waals surface area (Å²) in [5.41, 5.74) is 2.12. The molecule has 0 spiro atoms. The lowest BCUT2D eigenvalue weighted by molar-refractivity contribution is -0.143. The summed E-state index contributed by atoms with van der Waals surface area (Å²) >= 11 is 1.49. The minimum absolute atomic E-state index is 0.122. The highest BCUT2D eigenvalue weighted by Gasteiger charge is 2.42. The first-order chi connectivity index (χ1) is 23.2. The number of urea groups is 1. The number of hydrogen-bond donors (Lipinski definition) is 2. The Labute approximate surface area is 284 Å². The number of halogens is 6. The van der Waals surface area contributed by atoms with Crippen molar-refractivity contribution in [2.45, 2.75) is 82.3 Å². The summed E-state index contributed by atoms with van der Waals surface area (Å²) in [6, 6.07) is 1.09. The molecule has 0 aliphatic carbocycles. The number of thiophene rings is 1. The number of hydrogen-bond acceptors (Lipinski definition) is 6. The summed E-state index contributed by atoms with van der Waals surface area (Å²) in [6.45, 7) is 3.81. The number of fused-ring (bicyclic) bond motifs is 1. The molecule has 5 heterocycles. The number of amides is 4. The van der Waals surface area contributed by atoms with E-state index in [0.717, 1.165) is 37.2 Å². The highest BCUT2D eigenvalue weighted by Crippen LogP contribution is 2.42. The third-order valence-electron chi connectivity index (χ3n) is 10.4. The van der Waals surface area contributed by atoms with Crippen LogP contribution in [0.15, 0.2) is 22.9 Å². The molecule has 3 saturated heterocycles. The van der Waals surface area contributed by atoms with Crippen molar-refractivity contribution >= 4 is 40.6 Å². The number of carbonyl (C=O) groups excluding carboxylic acids is 3. The van der Waals surface area contributed by atoms with Gasteiger partial charge in [0.15, 0.2) is 0 Å².